The maximum atomic E-state index is 12.0. The molecule has 1 aromatic rings. The van der Waals surface area contributed by atoms with Crippen molar-refractivity contribution in [1.29, 1.82) is 0 Å². The minimum atomic E-state index is -1.21. The molecule has 1 aromatic heterocycles. The van der Waals surface area contributed by atoms with Crippen LogP contribution in [0.5, 0.6) is 0 Å². The molecule has 19 heavy (non-hydrogen) atoms. The van der Waals surface area contributed by atoms with Gasteiger partial charge in [0.15, 0.2) is 11.5 Å². The van der Waals surface area contributed by atoms with Gasteiger partial charge in [-0.2, -0.15) is 11.8 Å². The quantitative estimate of drug-likeness (QED) is 0.813. The molecule has 0 aromatic carbocycles. The van der Waals surface area contributed by atoms with E-state index in [-0.39, 0.29) is 12.3 Å². The zero-order chi connectivity index (χ0) is 13.9. The van der Waals surface area contributed by atoms with Crippen LogP contribution in [0.3, 0.4) is 0 Å². The van der Waals surface area contributed by atoms with Crippen molar-refractivity contribution in [2.24, 2.45) is 0 Å². The van der Waals surface area contributed by atoms with Crippen molar-refractivity contribution < 1.29 is 24.0 Å². The first-order chi connectivity index (χ1) is 9.07. The number of carbonyl (C=O) groups is 2. The number of carbonyl (C=O) groups excluding carboxylic acids is 1. The van der Waals surface area contributed by atoms with Gasteiger partial charge in [0.05, 0.1) is 0 Å². The summed E-state index contributed by atoms with van der Waals surface area (Å²) in [5.41, 5.74) is -1.15. The Kier molecular flexibility index (Phi) is 4.11. The van der Waals surface area contributed by atoms with Crippen LogP contribution < -0.4 is 5.32 Å². The van der Waals surface area contributed by atoms with Gasteiger partial charge in [-0.25, -0.2) is 4.79 Å². The van der Waals surface area contributed by atoms with Gasteiger partial charge in [-0.3, -0.25) is 4.79 Å². The number of methoxy groups -OCH3 is 1. The minimum absolute atomic E-state index is 0.0598. The van der Waals surface area contributed by atoms with Gasteiger partial charge in [0.25, 0.3) is 5.91 Å². The van der Waals surface area contributed by atoms with Crippen LogP contribution in [0.25, 0.3) is 0 Å². The van der Waals surface area contributed by atoms with Crippen LogP contribution in [0.2, 0.25) is 0 Å². The van der Waals surface area contributed by atoms with Gasteiger partial charge < -0.3 is 19.7 Å². The number of aliphatic carboxylic acids is 1. The zero-order valence-corrected chi connectivity index (χ0v) is 11.2. The second-order valence-electron chi connectivity index (χ2n) is 4.26. The van der Waals surface area contributed by atoms with Gasteiger partial charge in [0.1, 0.15) is 12.1 Å². The monoisotopic (exact) mass is 286 g/mol. The summed E-state index contributed by atoms with van der Waals surface area (Å²) in [5.74, 6) is -0.0859. The van der Waals surface area contributed by atoms with Gasteiger partial charge >= 0.3 is 5.97 Å². The first kappa shape index (κ1) is 13.9. The molecule has 2 N–H and O–H groups in total. The highest BCUT2D eigenvalue weighted by Gasteiger charge is 2.43. The van der Waals surface area contributed by atoms with Crippen molar-refractivity contribution >= 4 is 23.6 Å². The third-order valence-electron chi connectivity index (χ3n) is 2.86. The Bertz CT molecular complexity index is 481. The highest BCUT2D eigenvalue weighted by Crippen LogP contribution is 2.28. The summed E-state index contributed by atoms with van der Waals surface area (Å²) >= 11 is 1.50. The van der Waals surface area contributed by atoms with E-state index in [1.54, 1.807) is 0 Å². The summed E-state index contributed by atoms with van der Waals surface area (Å²) in [6.07, 6.45) is 0.404. The molecule has 0 spiro atoms. The number of carboxylic acids is 1. The molecule has 1 fully saturated rings. The molecule has 1 saturated heterocycles. The second-order valence-corrected chi connectivity index (χ2v) is 5.36. The number of aromatic nitrogens is 1. The molecule has 2 rings (SSSR count). The molecule has 1 amide bonds. The molecular formula is C11H14N2O5S. The molecule has 0 bridgehead atoms. The van der Waals surface area contributed by atoms with E-state index in [0.29, 0.717) is 23.7 Å². The van der Waals surface area contributed by atoms with Crippen LogP contribution >= 0.6 is 11.8 Å². The molecule has 0 saturated carbocycles. The average molecular weight is 286 g/mol. The first-order valence-electron chi connectivity index (χ1n) is 5.65. The Labute approximate surface area is 113 Å². The number of amides is 1. The van der Waals surface area contributed by atoms with Crippen LogP contribution in [0, 0.1) is 0 Å². The normalized spacial score (nSPS) is 22.4. The average Bonchev–Trinajstić information content (AvgIpc) is 2.99. The van der Waals surface area contributed by atoms with E-state index in [4.69, 9.17) is 9.26 Å². The number of ether oxygens (including phenoxy) is 1. The Morgan fingerprint density at radius 2 is 2.47 bits per heavy atom. The van der Waals surface area contributed by atoms with Crippen LogP contribution in [0.1, 0.15) is 22.7 Å². The fraction of sp³-hybridized carbons (Fsp3) is 0.545. The Morgan fingerprint density at radius 3 is 3.05 bits per heavy atom. The summed E-state index contributed by atoms with van der Waals surface area (Å²) < 4.78 is 9.75. The van der Waals surface area contributed by atoms with Crippen molar-refractivity contribution in [2.45, 2.75) is 18.6 Å². The van der Waals surface area contributed by atoms with Gasteiger partial charge in [-0.05, 0) is 12.2 Å². The predicted molar refractivity (Wildman–Crippen MR) is 67.0 cm³/mol. The molecule has 0 aliphatic carbocycles. The fourth-order valence-electron chi connectivity index (χ4n) is 1.80. The lowest BCUT2D eigenvalue weighted by atomic mass is 9.99. The van der Waals surface area contributed by atoms with Crippen LogP contribution in [0.15, 0.2) is 10.6 Å². The van der Waals surface area contributed by atoms with E-state index in [1.165, 1.54) is 24.9 Å². The van der Waals surface area contributed by atoms with E-state index in [0.717, 1.165) is 0 Å². The van der Waals surface area contributed by atoms with Crippen molar-refractivity contribution in [1.82, 2.24) is 10.5 Å². The summed E-state index contributed by atoms with van der Waals surface area (Å²) in [5, 5.41) is 15.4. The summed E-state index contributed by atoms with van der Waals surface area (Å²) in [4.78, 5) is 23.3. The number of nitrogens with one attached hydrogen (secondary N) is 1. The lowest BCUT2D eigenvalue weighted by molar-refractivity contribution is -0.143. The Balaban J connectivity index is 2.08. The molecule has 1 aliphatic rings. The maximum Gasteiger partial charge on any atom is 0.330 e. The van der Waals surface area contributed by atoms with Crippen LogP contribution in [0.4, 0.5) is 0 Å². The molecule has 104 valence electrons. The molecule has 0 unspecified atom stereocenters. The van der Waals surface area contributed by atoms with Crippen molar-refractivity contribution in [3.05, 3.63) is 17.5 Å². The lowest BCUT2D eigenvalue weighted by Gasteiger charge is -2.23. The molecular weight excluding hydrogens is 272 g/mol. The first-order valence-corrected chi connectivity index (χ1v) is 6.81. The largest absolute Gasteiger partial charge is 0.479 e. The van der Waals surface area contributed by atoms with E-state index in [2.05, 4.69) is 10.5 Å². The van der Waals surface area contributed by atoms with Crippen molar-refractivity contribution in [2.75, 3.05) is 18.6 Å². The number of carboxylic acid groups (broad SMARTS) is 1. The minimum Gasteiger partial charge on any atom is -0.479 e. The molecule has 2 heterocycles. The van der Waals surface area contributed by atoms with Gasteiger partial charge in [0.2, 0.25) is 0 Å². The van der Waals surface area contributed by atoms with E-state index in [1.807, 2.05) is 0 Å². The van der Waals surface area contributed by atoms with E-state index < -0.39 is 17.4 Å². The fourth-order valence-corrected chi connectivity index (χ4v) is 3.12. The third-order valence-corrected chi connectivity index (χ3v) is 4.05. The highest BCUT2D eigenvalue weighted by molar-refractivity contribution is 7.99. The van der Waals surface area contributed by atoms with Crippen molar-refractivity contribution in [3.63, 3.8) is 0 Å². The van der Waals surface area contributed by atoms with Crippen LogP contribution in [-0.2, 0) is 16.1 Å². The Hall–Kier alpha value is -1.54. The van der Waals surface area contributed by atoms with Gasteiger partial charge in [-0.1, -0.05) is 5.16 Å². The predicted octanol–water partition coefficient (Wildman–Crippen LogP) is 0.511. The van der Waals surface area contributed by atoms with E-state index in [9.17, 15) is 14.7 Å². The SMILES string of the molecule is COCc1cc(C(=O)N[C@@]2(C(=O)O)CCSC2)no1. The molecule has 1 aliphatic heterocycles. The molecule has 1 atom stereocenters. The van der Waals surface area contributed by atoms with Gasteiger partial charge in [-0.15, -0.1) is 0 Å². The number of hydrogen-bond acceptors (Lipinski definition) is 6. The summed E-state index contributed by atoms with van der Waals surface area (Å²) in [6.45, 7) is 0.209. The third kappa shape index (κ3) is 2.90. The standard InChI is InChI=1S/C11H14N2O5S/c1-17-5-7-4-8(13-18-7)9(14)12-11(10(15)16)2-3-19-6-11/h4H,2-3,5-6H2,1H3,(H,12,14)(H,15,16)/t11-/m0/s1. The highest BCUT2D eigenvalue weighted by atomic mass is 32.2. The Morgan fingerprint density at radius 1 is 1.68 bits per heavy atom. The van der Waals surface area contributed by atoms with E-state index >= 15 is 0 Å². The molecule has 7 nitrogen and oxygen atoms in total. The zero-order valence-electron chi connectivity index (χ0n) is 10.3. The summed E-state index contributed by atoms with van der Waals surface area (Å²) in [6, 6.07) is 1.44. The second kappa shape index (κ2) is 5.62. The molecule has 0 radical (unpaired) electrons. The topological polar surface area (TPSA) is 102 Å². The smallest absolute Gasteiger partial charge is 0.330 e. The number of hydrogen-bond donors (Lipinski definition) is 2. The van der Waals surface area contributed by atoms with Crippen molar-refractivity contribution in [3.8, 4) is 0 Å². The summed E-state index contributed by atoms with van der Waals surface area (Å²) in [7, 11) is 1.50. The maximum absolute atomic E-state index is 12.0. The van der Waals surface area contributed by atoms with Crippen LogP contribution in [-0.4, -0.2) is 46.3 Å². The molecule has 8 heteroatoms. The van der Waals surface area contributed by atoms with Gasteiger partial charge in [0, 0.05) is 18.9 Å². The number of nitrogens with zero attached hydrogens (tertiary/aromatic N) is 1. The lowest BCUT2D eigenvalue weighted by Crippen LogP contribution is -2.54. The number of thioether (sulfide) groups is 1. The number of rotatable bonds is 5.